The molecule has 0 bridgehead atoms. The maximum atomic E-state index is 11.7. The van der Waals surface area contributed by atoms with Crippen LogP contribution >= 0.6 is 11.8 Å². The Morgan fingerprint density at radius 1 is 1.04 bits per heavy atom. The molecule has 1 aliphatic carbocycles. The van der Waals surface area contributed by atoms with Crippen LogP contribution in [0.5, 0.6) is 0 Å². The van der Waals surface area contributed by atoms with Gasteiger partial charge in [-0.2, -0.15) is 0 Å². The van der Waals surface area contributed by atoms with Crippen LogP contribution in [-0.4, -0.2) is 29.9 Å². The minimum atomic E-state index is -0.0821. The lowest BCUT2D eigenvalue weighted by molar-refractivity contribution is -0.118. The predicted octanol–water partition coefficient (Wildman–Crippen LogP) is 3.37. The number of anilines is 1. The molecule has 0 spiro atoms. The molecule has 0 saturated carbocycles. The van der Waals surface area contributed by atoms with Crippen LogP contribution in [0.2, 0.25) is 0 Å². The first-order chi connectivity index (χ1) is 11.2. The van der Waals surface area contributed by atoms with Crippen molar-refractivity contribution in [3.63, 3.8) is 0 Å². The van der Waals surface area contributed by atoms with E-state index in [1.54, 1.807) is 0 Å². The van der Waals surface area contributed by atoms with Gasteiger partial charge >= 0.3 is 0 Å². The SMILES string of the molecule is O=C(CSCC(=O)Nc1ccccc1)NCCC1=CCCCC1. The van der Waals surface area contributed by atoms with Gasteiger partial charge in [-0.1, -0.05) is 29.8 Å². The molecule has 0 fully saturated rings. The predicted molar refractivity (Wildman–Crippen MR) is 96.6 cm³/mol. The highest BCUT2D eigenvalue weighted by atomic mass is 32.2. The lowest BCUT2D eigenvalue weighted by Crippen LogP contribution is -2.27. The number of hydrogen-bond donors (Lipinski definition) is 2. The molecule has 0 atom stereocenters. The quantitative estimate of drug-likeness (QED) is 0.718. The second-order valence-electron chi connectivity index (χ2n) is 5.62. The van der Waals surface area contributed by atoms with Crippen molar-refractivity contribution < 1.29 is 9.59 Å². The molecule has 2 rings (SSSR count). The Hall–Kier alpha value is -1.75. The van der Waals surface area contributed by atoms with E-state index in [0.29, 0.717) is 12.3 Å². The molecule has 0 aliphatic heterocycles. The normalized spacial score (nSPS) is 14.0. The van der Waals surface area contributed by atoms with Gasteiger partial charge in [-0.3, -0.25) is 9.59 Å². The van der Waals surface area contributed by atoms with Crippen molar-refractivity contribution >= 4 is 29.3 Å². The van der Waals surface area contributed by atoms with Gasteiger partial charge in [-0.15, -0.1) is 11.8 Å². The number of carbonyl (C=O) groups is 2. The second-order valence-corrected chi connectivity index (χ2v) is 6.60. The smallest absolute Gasteiger partial charge is 0.234 e. The third-order valence-electron chi connectivity index (χ3n) is 3.68. The van der Waals surface area contributed by atoms with E-state index in [0.717, 1.165) is 12.1 Å². The summed E-state index contributed by atoms with van der Waals surface area (Å²) in [6, 6.07) is 9.33. The maximum Gasteiger partial charge on any atom is 0.234 e. The third-order valence-corrected chi connectivity index (χ3v) is 4.61. The van der Waals surface area contributed by atoms with Crippen LogP contribution in [-0.2, 0) is 9.59 Å². The molecule has 1 aromatic rings. The molecule has 5 heteroatoms. The van der Waals surface area contributed by atoms with Gasteiger partial charge in [0.2, 0.25) is 11.8 Å². The van der Waals surface area contributed by atoms with E-state index >= 15 is 0 Å². The monoisotopic (exact) mass is 332 g/mol. The van der Waals surface area contributed by atoms with Crippen molar-refractivity contribution in [2.24, 2.45) is 0 Å². The van der Waals surface area contributed by atoms with E-state index in [2.05, 4.69) is 16.7 Å². The molecule has 0 heterocycles. The lowest BCUT2D eigenvalue weighted by atomic mass is 9.97. The number of allylic oxidation sites excluding steroid dienone is 1. The van der Waals surface area contributed by atoms with Crippen molar-refractivity contribution in [1.82, 2.24) is 5.32 Å². The average molecular weight is 332 g/mol. The van der Waals surface area contributed by atoms with Gasteiger partial charge < -0.3 is 10.6 Å². The highest BCUT2D eigenvalue weighted by molar-refractivity contribution is 8.00. The van der Waals surface area contributed by atoms with Crippen molar-refractivity contribution in [3.8, 4) is 0 Å². The standard InChI is InChI=1S/C18H24N2O2S/c21-17(19-12-11-15-7-3-1-4-8-15)13-23-14-18(22)20-16-9-5-2-6-10-16/h2,5-7,9-10H,1,3-4,8,11-14H2,(H,19,21)(H,20,22). The van der Waals surface area contributed by atoms with Crippen LogP contribution in [0.25, 0.3) is 0 Å². The zero-order valence-electron chi connectivity index (χ0n) is 13.3. The van der Waals surface area contributed by atoms with E-state index in [1.807, 2.05) is 30.3 Å². The van der Waals surface area contributed by atoms with Crippen LogP contribution in [0.1, 0.15) is 32.1 Å². The summed E-state index contributed by atoms with van der Waals surface area (Å²) in [6.07, 6.45) is 8.16. The van der Waals surface area contributed by atoms with Crippen LogP contribution in [0.15, 0.2) is 42.0 Å². The fourth-order valence-corrected chi connectivity index (χ4v) is 3.15. The van der Waals surface area contributed by atoms with Gasteiger partial charge in [0.1, 0.15) is 0 Å². The van der Waals surface area contributed by atoms with Crippen molar-refractivity contribution in [2.75, 3.05) is 23.4 Å². The molecule has 2 amide bonds. The molecule has 0 saturated heterocycles. The average Bonchev–Trinajstić information content (AvgIpc) is 2.57. The van der Waals surface area contributed by atoms with Gasteiger partial charge in [-0.05, 0) is 44.2 Å². The highest BCUT2D eigenvalue weighted by Gasteiger charge is 2.07. The number of benzene rings is 1. The first-order valence-corrected chi connectivity index (χ1v) is 9.27. The fraction of sp³-hybridized carbons (Fsp3) is 0.444. The Morgan fingerprint density at radius 3 is 2.57 bits per heavy atom. The van der Waals surface area contributed by atoms with Gasteiger partial charge in [0.15, 0.2) is 0 Å². The first-order valence-electron chi connectivity index (χ1n) is 8.11. The summed E-state index contributed by atoms with van der Waals surface area (Å²) in [5.74, 6) is 0.523. The molecule has 1 aliphatic rings. The van der Waals surface area contributed by atoms with Gasteiger partial charge in [0, 0.05) is 12.2 Å². The van der Waals surface area contributed by atoms with Crippen LogP contribution in [0, 0.1) is 0 Å². The van der Waals surface area contributed by atoms with Crippen molar-refractivity contribution in [1.29, 1.82) is 0 Å². The van der Waals surface area contributed by atoms with Gasteiger partial charge in [0.05, 0.1) is 11.5 Å². The van der Waals surface area contributed by atoms with Gasteiger partial charge in [-0.25, -0.2) is 0 Å². The number of carbonyl (C=O) groups excluding carboxylic acids is 2. The van der Waals surface area contributed by atoms with E-state index < -0.39 is 0 Å². The summed E-state index contributed by atoms with van der Waals surface area (Å²) < 4.78 is 0. The third kappa shape index (κ3) is 7.37. The Balaban J connectivity index is 1.54. The van der Waals surface area contributed by atoms with Gasteiger partial charge in [0.25, 0.3) is 0 Å². The number of rotatable bonds is 8. The number of thioether (sulfide) groups is 1. The molecular formula is C18H24N2O2S. The fourth-order valence-electron chi connectivity index (χ4n) is 2.50. The Labute approximate surface area is 142 Å². The summed E-state index contributed by atoms with van der Waals surface area (Å²) in [5.41, 5.74) is 2.25. The number of nitrogens with one attached hydrogen (secondary N) is 2. The molecular weight excluding hydrogens is 308 g/mol. The summed E-state index contributed by atoms with van der Waals surface area (Å²) in [6.45, 7) is 0.696. The number of amides is 2. The Morgan fingerprint density at radius 2 is 1.83 bits per heavy atom. The minimum absolute atomic E-state index is 0.000999. The second kappa shape index (κ2) is 10.1. The molecule has 23 heavy (non-hydrogen) atoms. The van der Waals surface area contributed by atoms with Crippen molar-refractivity contribution in [3.05, 3.63) is 42.0 Å². The Bertz CT molecular complexity index is 543. The van der Waals surface area contributed by atoms with E-state index in [1.165, 1.54) is 43.0 Å². The molecule has 1 aromatic carbocycles. The molecule has 4 nitrogen and oxygen atoms in total. The summed E-state index contributed by atoms with van der Waals surface area (Å²) in [7, 11) is 0. The Kier molecular flexibility index (Phi) is 7.73. The van der Waals surface area contributed by atoms with E-state index in [4.69, 9.17) is 0 Å². The molecule has 0 aromatic heterocycles. The van der Waals surface area contributed by atoms with Crippen molar-refractivity contribution in [2.45, 2.75) is 32.1 Å². The molecule has 2 N–H and O–H groups in total. The summed E-state index contributed by atoms with van der Waals surface area (Å²) in [5, 5.41) is 5.72. The van der Waals surface area contributed by atoms with E-state index in [9.17, 15) is 9.59 Å². The van der Waals surface area contributed by atoms with E-state index in [-0.39, 0.29) is 17.6 Å². The lowest BCUT2D eigenvalue weighted by Gasteiger charge is -2.12. The zero-order valence-corrected chi connectivity index (χ0v) is 14.2. The van der Waals surface area contributed by atoms with Crippen LogP contribution in [0.3, 0.4) is 0 Å². The highest BCUT2D eigenvalue weighted by Crippen LogP contribution is 2.19. The summed E-state index contributed by atoms with van der Waals surface area (Å²) >= 11 is 1.34. The molecule has 124 valence electrons. The minimum Gasteiger partial charge on any atom is -0.355 e. The number of hydrogen-bond acceptors (Lipinski definition) is 3. The molecule has 0 radical (unpaired) electrons. The van der Waals surface area contributed by atoms with Crippen LogP contribution in [0.4, 0.5) is 5.69 Å². The topological polar surface area (TPSA) is 58.2 Å². The number of para-hydroxylation sites is 1. The largest absolute Gasteiger partial charge is 0.355 e. The zero-order chi connectivity index (χ0) is 16.3. The maximum absolute atomic E-state index is 11.7. The summed E-state index contributed by atoms with van der Waals surface area (Å²) in [4.78, 5) is 23.5. The first kappa shape index (κ1) is 17.6. The molecule has 0 unspecified atom stereocenters. The van der Waals surface area contributed by atoms with Crippen LogP contribution < -0.4 is 10.6 Å².